The van der Waals surface area contributed by atoms with Gasteiger partial charge in [-0.15, -0.1) is 0 Å². The van der Waals surface area contributed by atoms with Crippen molar-refractivity contribution in [2.24, 2.45) is 5.92 Å². The molecule has 1 aliphatic rings. The standard InChI is InChI=1S/C29H30N2O6S/c1-3-31(25-6-4-5-23(18-25)29(34)37-2)28(33)22-11-13-24(14-12-22)30-27(32)17-20-9-15-26(16-10-20)38(35,36)19-21-7-8-21/h4-6,9-16,18,21H,3,7-8,17,19H2,1-2H3,(H,30,32). The lowest BCUT2D eigenvalue weighted by atomic mass is 10.1. The molecule has 1 N–H and O–H groups in total. The summed E-state index contributed by atoms with van der Waals surface area (Å²) in [6, 6.07) is 19.7. The number of hydrogen-bond acceptors (Lipinski definition) is 6. The number of methoxy groups -OCH3 is 1. The number of amides is 2. The van der Waals surface area contributed by atoms with Crippen LogP contribution in [-0.2, 0) is 25.8 Å². The van der Waals surface area contributed by atoms with E-state index in [1.165, 1.54) is 7.11 Å². The number of nitrogens with one attached hydrogen (secondary N) is 1. The first kappa shape index (κ1) is 27.1. The topological polar surface area (TPSA) is 110 Å². The quantitative estimate of drug-likeness (QED) is 0.384. The van der Waals surface area contributed by atoms with Gasteiger partial charge in [0.05, 0.1) is 29.7 Å². The van der Waals surface area contributed by atoms with Crippen molar-refractivity contribution in [1.29, 1.82) is 0 Å². The summed E-state index contributed by atoms with van der Waals surface area (Å²) in [5.74, 6) is -0.530. The smallest absolute Gasteiger partial charge is 0.337 e. The zero-order valence-electron chi connectivity index (χ0n) is 21.3. The second-order valence-electron chi connectivity index (χ2n) is 9.26. The van der Waals surface area contributed by atoms with E-state index in [4.69, 9.17) is 4.74 Å². The van der Waals surface area contributed by atoms with Crippen molar-refractivity contribution in [3.63, 3.8) is 0 Å². The van der Waals surface area contributed by atoms with Crippen LogP contribution in [0, 0.1) is 5.92 Å². The molecular formula is C29H30N2O6S. The maximum atomic E-state index is 13.1. The molecule has 8 nitrogen and oxygen atoms in total. The number of nitrogens with zero attached hydrogens (tertiary/aromatic N) is 1. The highest BCUT2D eigenvalue weighted by atomic mass is 32.2. The molecule has 1 fully saturated rings. The highest BCUT2D eigenvalue weighted by molar-refractivity contribution is 7.91. The molecule has 0 radical (unpaired) electrons. The second-order valence-corrected chi connectivity index (χ2v) is 11.3. The summed E-state index contributed by atoms with van der Waals surface area (Å²) >= 11 is 0. The number of carbonyl (C=O) groups is 3. The van der Waals surface area contributed by atoms with Gasteiger partial charge in [0, 0.05) is 23.5 Å². The minimum Gasteiger partial charge on any atom is -0.465 e. The van der Waals surface area contributed by atoms with Gasteiger partial charge in [-0.3, -0.25) is 9.59 Å². The van der Waals surface area contributed by atoms with Crippen LogP contribution in [0.15, 0.2) is 77.7 Å². The lowest BCUT2D eigenvalue weighted by molar-refractivity contribution is -0.115. The van der Waals surface area contributed by atoms with E-state index in [1.54, 1.807) is 77.7 Å². The molecule has 3 aromatic rings. The van der Waals surface area contributed by atoms with Crippen LogP contribution >= 0.6 is 0 Å². The molecule has 0 saturated heterocycles. The molecule has 0 heterocycles. The molecule has 1 aliphatic carbocycles. The normalized spacial score (nSPS) is 13.0. The van der Waals surface area contributed by atoms with Gasteiger partial charge in [-0.1, -0.05) is 18.2 Å². The van der Waals surface area contributed by atoms with Crippen molar-refractivity contribution >= 4 is 39.0 Å². The molecule has 0 bridgehead atoms. The maximum absolute atomic E-state index is 13.1. The highest BCUT2D eigenvalue weighted by Crippen LogP contribution is 2.32. The third kappa shape index (κ3) is 6.66. The Morgan fingerprint density at radius 3 is 2.24 bits per heavy atom. The minimum atomic E-state index is -3.29. The third-order valence-electron chi connectivity index (χ3n) is 6.36. The van der Waals surface area contributed by atoms with Gasteiger partial charge in [0.15, 0.2) is 9.84 Å². The Balaban J connectivity index is 1.37. The van der Waals surface area contributed by atoms with E-state index in [2.05, 4.69) is 5.32 Å². The van der Waals surface area contributed by atoms with Crippen molar-refractivity contribution < 1.29 is 27.5 Å². The first-order valence-corrected chi connectivity index (χ1v) is 14.1. The second kappa shape index (κ2) is 11.6. The largest absolute Gasteiger partial charge is 0.465 e. The van der Waals surface area contributed by atoms with Crippen molar-refractivity contribution in [3.8, 4) is 0 Å². The van der Waals surface area contributed by atoms with Crippen molar-refractivity contribution in [2.45, 2.75) is 31.1 Å². The predicted octanol–water partition coefficient (Wildman–Crippen LogP) is 4.50. The summed E-state index contributed by atoms with van der Waals surface area (Å²) in [7, 11) is -1.98. The molecule has 0 spiro atoms. The van der Waals surface area contributed by atoms with Gasteiger partial charge in [0.2, 0.25) is 5.91 Å². The van der Waals surface area contributed by atoms with Crippen LogP contribution < -0.4 is 10.2 Å². The molecule has 0 unspecified atom stereocenters. The van der Waals surface area contributed by atoms with Gasteiger partial charge in [0.1, 0.15) is 0 Å². The van der Waals surface area contributed by atoms with Gasteiger partial charge in [-0.05, 0) is 85.8 Å². The van der Waals surface area contributed by atoms with Crippen LogP contribution in [0.3, 0.4) is 0 Å². The van der Waals surface area contributed by atoms with Gasteiger partial charge < -0.3 is 15.0 Å². The van der Waals surface area contributed by atoms with Crippen LogP contribution in [0.4, 0.5) is 11.4 Å². The fourth-order valence-corrected chi connectivity index (χ4v) is 5.81. The van der Waals surface area contributed by atoms with Crippen LogP contribution in [0.25, 0.3) is 0 Å². The van der Waals surface area contributed by atoms with Gasteiger partial charge in [0.25, 0.3) is 5.91 Å². The molecule has 0 atom stereocenters. The molecular weight excluding hydrogens is 504 g/mol. The Morgan fingerprint density at radius 1 is 0.947 bits per heavy atom. The lowest BCUT2D eigenvalue weighted by Gasteiger charge is -2.21. The predicted molar refractivity (Wildman–Crippen MR) is 145 cm³/mol. The molecule has 4 rings (SSSR count). The molecule has 198 valence electrons. The molecule has 3 aromatic carbocycles. The van der Waals surface area contributed by atoms with Crippen molar-refractivity contribution in [1.82, 2.24) is 0 Å². The zero-order chi connectivity index (χ0) is 27.3. The summed E-state index contributed by atoms with van der Waals surface area (Å²) in [6.07, 6.45) is 2.02. The van der Waals surface area contributed by atoms with Crippen LogP contribution in [0.1, 0.15) is 46.0 Å². The molecule has 2 amide bonds. The van der Waals surface area contributed by atoms with E-state index in [9.17, 15) is 22.8 Å². The lowest BCUT2D eigenvalue weighted by Crippen LogP contribution is -2.30. The average Bonchev–Trinajstić information content (AvgIpc) is 3.73. The molecule has 0 aromatic heterocycles. The van der Waals surface area contributed by atoms with E-state index >= 15 is 0 Å². The van der Waals surface area contributed by atoms with E-state index in [0.29, 0.717) is 34.6 Å². The number of carbonyl (C=O) groups excluding carboxylic acids is 3. The number of ether oxygens (including phenoxy) is 1. The van der Waals surface area contributed by atoms with E-state index < -0.39 is 15.8 Å². The Hall–Kier alpha value is -3.98. The fraction of sp³-hybridized carbons (Fsp3) is 0.276. The minimum absolute atomic E-state index is 0.0871. The number of benzene rings is 3. The maximum Gasteiger partial charge on any atom is 0.337 e. The average molecular weight is 535 g/mol. The van der Waals surface area contributed by atoms with Crippen molar-refractivity contribution in [3.05, 3.63) is 89.5 Å². The van der Waals surface area contributed by atoms with Gasteiger partial charge >= 0.3 is 5.97 Å². The monoisotopic (exact) mass is 534 g/mol. The van der Waals surface area contributed by atoms with Crippen LogP contribution in [0.5, 0.6) is 0 Å². The number of rotatable bonds is 10. The van der Waals surface area contributed by atoms with E-state index in [1.807, 2.05) is 6.92 Å². The highest BCUT2D eigenvalue weighted by Gasteiger charge is 2.29. The Kier molecular flexibility index (Phi) is 8.26. The van der Waals surface area contributed by atoms with E-state index in [-0.39, 0.29) is 34.8 Å². The Bertz CT molecular complexity index is 1430. The van der Waals surface area contributed by atoms with Gasteiger partial charge in [-0.25, -0.2) is 13.2 Å². The van der Waals surface area contributed by atoms with Gasteiger partial charge in [-0.2, -0.15) is 0 Å². The fourth-order valence-electron chi connectivity index (χ4n) is 4.11. The van der Waals surface area contributed by atoms with Crippen molar-refractivity contribution in [2.75, 3.05) is 29.6 Å². The number of anilines is 2. The molecule has 9 heteroatoms. The summed E-state index contributed by atoms with van der Waals surface area (Å²) in [6.45, 7) is 2.23. The van der Waals surface area contributed by atoms with E-state index in [0.717, 1.165) is 12.8 Å². The molecule has 0 aliphatic heterocycles. The number of esters is 1. The molecule has 38 heavy (non-hydrogen) atoms. The van der Waals surface area contributed by atoms with Crippen LogP contribution in [-0.4, -0.2) is 45.6 Å². The van der Waals surface area contributed by atoms with Crippen LogP contribution in [0.2, 0.25) is 0 Å². The zero-order valence-corrected chi connectivity index (χ0v) is 22.2. The number of hydrogen-bond donors (Lipinski definition) is 1. The molecule has 1 saturated carbocycles. The number of sulfone groups is 1. The summed E-state index contributed by atoms with van der Waals surface area (Å²) < 4.78 is 29.6. The summed E-state index contributed by atoms with van der Waals surface area (Å²) in [5.41, 5.74) is 2.59. The first-order valence-electron chi connectivity index (χ1n) is 12.4. The SMILES string of the molecule is CCN(C(=O)c1ccc(NC(=O)Cc2ccc(S(=O)(=O)CC3CC3)cc2)cc1)c1cccc(C(=O)OC)c1. The third-order valence-corrected chi connectivity index (χ3v) is 8.26. The summed E-state index contributed by atoms with van der Waals surface area (Å²) in [4.78, 5) is 39.4. The Morgan fingerprint density at radius 2 is 1.63 bits per heavy atom. The first-order chi connectivity index (χ1) is 18.2. The Labute approximate surface area is 222 Å². The summed E-state index contributed by atoms with van der Waals surface area (Å²) in [5, 5.41) is 2.80.